The van der Waals surface area contributed by atoms with Crippen molar-refractivity contribution >= 4 is 24.0 Å². The third-order valence-electron chi connectivity index (χ3n) is 2.95. The van der Waals surface area contributed by atoms with Gasteiger partial charge in [0.25, 0.3) is 5.91 Å². The highest BCUT2D eigenvalue weighted by Gasteiger charge is 2.22. The summed E-state index contributed by atoms with van der Waals surface area (Å²) in [5.41, 5.74) is 6.62. The Bertz CT molecular complexity index is 380. The maximum absolute atomic E-state index is 12.1. The number of piperidine rings is 1. The Morgan fingerprint density at radius 3 is 2.88 bits per heavy atom. The molecular formula is C12H18ClN3O. The predicted molar refractivity (Wildman–Crippen MR) is 70.2 cm³/mol. The van der Waals surface area contributed by atoms with Crippen LogP contribution in [0.4, 0.5) is 5.69 Å². The molecule has 17 heavy (non-hydrogen) atoms. The van der Waals surface area contributed by atoms with E-state index in [2.05, 4.69) is 11.9 Å². The number of nitrogen functional groups attached to an aromatic ring is 1. The molecule has 0 bridgehead atoms. The number of carbonyl (C=O) groups excluding carboxylic acids is 1. The molecule has 0 spiro atoms. The second-order valence-electron chi connectivity index (χ2n) is 4.48. The zero-order valence-corrected chi connectivity index (χ0v) is 10.7. The van der Waals surface area contributed by atoms with E-state index >= 15 is 0 Å². The van der Waals surface area contributed by atoms with Crippen molar-refractivity contribution < 1.29 is 4.79 Å². The molecule has 1 aliphatic heterocycles. The summed E-state index contributed by atoms with van der Waals surface area (Å²) in [5, 5.41) is 0. The van der Waals surface area contributed by atoms with Crippen molar-refractivity contribution in [2.45, 2.75) is 19.8 Å². The minimum absolute atomic E-state index is 0. The van der Waals surface area contributed by atoms with Gasteiger partial charge in [0, 0.05) is 13.1 Å². The quantitative estimate of drug-likeness (QED) is 0.835. The second kappa shape index (κ2) is 5.87. The lowest BCUT2D eigenvalue weighted by Gasteiger charge is -2.30. The summed E-state index contributed by atoms with van der Waals surface area (Å²) in [4.78, 5) is 18.0. The van der Waals surface area contributed by atoms with Crippen molar-refractivity contribution in [1.82, 2.24) is 9.88 Å². The van der Waals surface area contributed by atoms with E-state index < -0.39 is 0 Å². The molecule has 1 amide bonds. The van der Waals surface area contributed by atoms with E-state index in [-0.39, 0.29) is 18.3 Å². The molecule has 2 heterocycles. The van der Waals surface area contributed by atoms with Gasteiger partial charge in [0.2, 0.25) is 0 Å². The molecule has 1 unspecified atom stereocenters. The highest BCUT2D eigenvalue weighted by molar-refractivity contribution is 5.92. The summed E-state index contributed by atoms with van der Waals surface area (Å²) in [6, 6.07) is 3.41. The number of nitrogens with two attached hydrogens (primary N) is 1. The summed E-state index contributed by atoms with van der Waals surface area (Å²) in [5.74, 6) is 0.609. The highest BCUT2D eigenvalue weighted by atomic mass is 35.5. The predicted octanol–water partition coefficient (Wildman–Crippen LogP) is 1.96. The van der Waals surface area contributed by atoms with E-state index in [1.54, 1.807) is 12.1 Å². The fourth-order valence-electron chi connectivity index (χ4n) is 2.07. The number of hydrogen-bond donors (Lipinski definition) is 1. The number of pyridine rings is 1. The summed E-state index contributed by atoms with van der Waals surface area (Å²) >= 11 is 0. The van der Waals surface area contributed by atoms with Crippen molar-refractivity contribution in [3.63, 3.8) is 0 Å². The Kier molecular flexibility index (Phi) is 4.75. The Morgan fingerprint density at radius 1 is 1.53 bits per heavy atom. The lowest BCUT2D eigenvalue weighted by Crippen LogP contribution is -2.39. The molecule has 1 aliphatic rings. The first-order chi connectivity index (χ1) is 7.66. The van der Waals surface area contributed by atoms with Crippen molar-refractivity contribution in [1.29, 1.82) is 0 Å². The molecule has 0 aliphatic carbocycles. The zero-order valence-electron chi connectivity index (χ0n) is 9.93. The molecule has 1 aromatic rings. The standard InChI is InChI=1S/C12H17N3O.ClH/c1-9-3-2-6-15(8-9)12(16)11-5-4-10(13)7-14-11;/h4-5,7,9H,2-3,6,8,13H2,1H3;1H. The minimum Gasteiger partial charge on any atom is -0.397 e. The van der Waals surface area contributed by atoms with Crippen LogP contribution >= 0.6 is 12.4 Å². The largest absolute Gasteiger partial charge is 0.397 e. The number of aromatic nitrogens is 1. The number of anilines is 1. The van der Waals surface area contributed by atoms with Crippen LogP contribution in [0.15, 0.2) is 18.3 Å². The van der Waals surface area contributed by atoms with Gasteiger partial charge in [-0.1, -0.05) is 6.92 Å². The van der Waals surface area contributed by atoms with Gasteiger partial charge in [-0.3, -0.25) is 4.79 Å². The van der Waals surface area contributed by atoms with Gasteiger partial charge in [-0.15, -0.1) is 12.4 Å². The number of rotatable bonds is 1. The molecule has 4 nitrogen and oxygen atoms in total. The van der Waals surface area contributed by atoms with Crippen LogP contribution in [0.1, 0.15) is 30.3 Å². The van der Waals surface area contributed by atoms with Crippen LogP contribution in [0, 0.1) is 5.92 Å². The Hall–Kier alpha value is -1.29. The van der Waals surface area contributed by atoms with Gasteiger partial charge < -0.3 is 10.6 Å². The SMILES string of the molecule is CC1CCCN(C(=O)c2ccc(N)cn2)C1.Cl. The van der Waals surface area contributed by atoms with Crippen LogP contribution in [0.25, 0.3) is 0 Å². The molecule has 94 valence electrons. The molecule has 5 heteroatoms. The molecule has 1 saturated heterocycles. The van der Waals surface area contributed by atoms with Gasteiger partial charge >= 0.3 is 0 Å². The Morgan fingerprint density at radius 2 is 2.29 bits per heavy atom. The summed E-state index contributed by atoms with van der Waals surface area (Å²) in [6.07, 6.45) is 3.82. The minimum atomic E-state index is 0. The van der Waals surface area contributed by atoms with Crippen LogP contribution in [0.3, 0.4) is 0 Å². The lowest BCUT2D eigenvalue weighted by molar-refractivity contribution is 0.0677. The number of amides is 1. The third kappa shape index (κ3) is 3.33. The first kappa shape index (κ1) is 13.8. The van der Waals surface area contributed by atoms with Crippen molar-refractivity contribution in [2.75, 3.05) is 18.8 Å². The fourth-order valence-corrected chi connectivity index (χ4v) is 2.07. The number of carbonyl (C=O) groups is 1. The first-order valence-electron chi connectivity index (χ1n) is 5.67. The topological polar surface area (TPSA) is 59.2 Å². The van der Waals surface area contributed by atoms with E-state index in [1.165, 1.54) is 12.6 Å². The van der Waals surface area contributed by atoms with Crippen LogP contribution in [-0.2, 0) is 0 Å². The molecule has 1 aromatic heterocycles. The van der Waals surface area contributed by atoms with Crippen molar-refractivity contribution in [2.24, 2.45) is 5.92 Å². The smallest absolute Gasteiger partial charge is 0.272 e. The van der Waals surface area contributed by atoms with E-state index in [0.29, 0.717) is 17.3 Å². The molecule has 2 N–H and O–H groups in total. The van der Waals surface area contributed by atoms with Crippen molar-refractivity contribution in [3.8, 4) is 0 Å². The zero-order chi connectivity index (χ0) is 11.5. The molecule has 0 radical (unpaired) electrons. The molecule has 1 fully saturated rings. The van der Waals surface area contributed by atoms with Crippen LogP contribution in [0.2, 0.25) is 0 Å². The third-order valence-corrected chi connectivity index (χ3v) is 2.95. The normalized spacial score (nSPS) is 19.6. The highest BCUT2D eigenvalue weighted by Crippen LogP contribution is 2.17. The van der Waals surface area contributed by atoms with E-state index in [4.69, 9.17) is 5.73 Å². The molecule has 0 aromatic carbocycles. The molecular weight excluding hydrogens is 238 g/mol. The molecule has 2 rings (SSSR count). The van der Waals surface area contributed by atoms with Crippen LogP contribution in [0.5, 0.6) is 0 Å². The maximum Gasteiger partial charge on any atom is 0.272 e. The van der Waals surface area contributed by atoms with Crippen LogP contribution < -0.4 is 5.73 Å². The second-order valence-corrected chi connectivity index (χ2v) is 4.48. The monoisotopic (exact) mass is 255 g/mol. The van der Waals surface area contributed by atoms with Crippen molar-refractivity contribution in [3.05, 3.63) is 24.0 Å². The maximum atomic E-state index is 12.1. The fraction of sp³-hybridized carbons (Fsp3) is 0.500. The number of hydrogen-bond acceptors (Lipinski definition) is 3. The van der Waals surface area contributed by atoms with Gasteiger partial charge in [0.15, 0.2) is 0 Å². The first-order valence-corrected chi connectivity index (χ1v) is 5.67. The lowest BCUT2D eigenvalue weighted by atomic mass is 10.00. The van der Waals surface area contributed by atoms with Gasteiger partial charge in [-0.05, 0) is 30.9 Å². The van der Waals surface area contributed by atoms with Gasteiger partial charge in [-0.25, -0.2) is 4.98 Å². The average Bonchev–Trinajstić information content (AvgIpc) is 2.29. The number of likely N-dealkylation sites (tertiary alicyclic amines) is 1. The molecule has 0 saturated carbocycles. The molecule has 1 atom stereocenters. The Labute approximate surface area is 108 Å². The van der Waals surface area contributed by atoms with Crippen LogP contribution in [-0.4, -0.2) is 28.9 Å². The van der Waals surface area contributed by atoms with Gasteiger partial charge in [0.05, 0.1) is 11.9 Å². The van der Waals surface area contributed by atoms with E-state index in [1.807, 2.05) is 4.90 Å². The number of halogens is 1. The van der Waals surface area contributed by atoms with Gasteiger partial charge in [-0.2, -0.15) is 0 Å². The summed E-state index contributed by atoms with van der Waals surface area (Å²) < 4.78 is 0. The number of nitrogens with zero attached hydrogens (tertiary/aromatic N) is 2. The van der Waals surface area contributed by atoms with Gasteiger partial charge in [0.1, 0.15) is 5.69 Å². The Balaban J connectivity index is 0.00000144. The van der Waals surface area contributed by atoms with E-state index in [0.717, 1.165) is 19.5 Å². The average molecular weight is 256 g/mol. The summed E-state index contributed by atoms with van der Waals surface area (Å²) in [6.45, 7) is 3.86. The summed E-state index contributed by atoms with van der Waals surface area (Å²) in [7, 11) is 0. The van der Waals surface area contributed by atoms with E-state index in [9.17, 15) is 4.79 Å².